The van der Waals surface area contributed by atoms with Gasteiger partial charge in [0.15, 0.2) is 10.9 Å². The summed E-state index contributed by atoms with van der Waals surface area (Å²) in [6.07, 6.45) is -4.90. The van der Waals surface area contributed by atoms with E-state index in [1.165, 1.54) is 17.4 Å². The molecule has 8 heteroatoms. The molecule has 5 aromatic rings. The number of benzene rings is 3. The molecule has 2 aromatic heterocycles. The zero-order chi connectivity index (χ0) is 20.3. The van der Waals surface area contributed by atoms with Crippen LogP contribution in [0.2, 0.25) is 0 Å². The van der Waals surface area contributed by atoms with Crippen molar-refractivity contribution in [1.82, 2.24) is 0 Å². The summed E-state index contributed by atoms with van der Waals surface area (Å²) in [5, 5.41) is 1.23. The van der Waals surface area contributed by atoms with E-state index in [2.05, 4.69) is 4.74 Å². The zero-order valence-corrected chi connectivity index (χ0v) is 16.0. The fourth-order valence-electron chi connectivity index (χ4n) is 3.37. The van der Waals surface area contributed by atoms with Crippen LogP contribution in [0, 0.1) is 0 Å². The Morgan fingerprint density at radius 1 is 0.690 bits per heavy atom. The van der Waals surface area contributed by atoms with Gasteiger partial charge >= 0.3 is 6.36 Å². The van der Waals surface area contributed by atoms with Gasteiger partial charge < -0.3 is 4.74 Å². The Balaban J connectivity index is 1.91. The third-order valence-corrected chi connectivity index (χ3v) is 6.83. The largest absolute Gasteiger partial charge is 0.573 e. The van der Waals surface area contributed by atoms with E-state index in [9.17, 15) is 22.8 Å². The van der Waals surface area contributed by atoms with Crippen molar-refractivity contribution in [2.75, 3.05) is 0 Å². The third kappa shape index (κ3) is 2.95. The first kappa shape index (κ1) is 18.1. The van der Waals surface area contributed by atoms with Crippen molar-refractivity contribution in [1.29, 1.82) is 0 Å². The Kier molecular flexibility index (Phi) is 3.91. The minimum absolute atomic E-state index is 0.116. The molecule has 0 aliphatic rings. The van der Waals surface area contributed by atoms with Crippen molar-refractivity contribution >= 4 is 63.0 Å². The molecule has 29 heavy (non-hydrogen) atoms. The highest BCUT2D eigenvalue weighted by atomic mass is 32.1. The minimum Gasteiger partial charge on any atom is -0.405 e. The van der Waals surface area contributed by atoms with Crippen LogP contribution >= 0.6 is 22.7 Å². The van der Waals surface area contributed by atoms with E-state index < -0.39 is 17.5 Å². The van der Waals surface area contributed by atoms with E-state index in [0.29, 0.717) is 24.9 Å². The molecule has 0 amide bonds. The molecule has 0 bridgehead atoms. The maximum atomic E-state index is 13.1. The predicted molar refractivity (Wildman–Crippen MR) is 111 cm³/mol. The summed E-state index contributed by atoms with van der Waals surface area (Å²) in [4.78, 5) is 26.0. The van der Waals surface area contributed by atoms with Gasteiger partial charge in [-0.1, -0.05) is 18.2 Å². The molecule has 0 unspecified atom stereocenters. The number of hydrogen-bond donors (Lipinski definition) is 0. The Hall–Kier alpha value is -2.97. The van der Waals surface area contributed by atoms with Gasteiger partial charge in [0.2, 0.25) is 0 Å². The fraction of sp³-hybridized carbons (Fsp3) is 0.0476. The standard InChI is InChI=1S/C21H9F3O3S2/c22-21(23,24)27-13-5-3-7-15-18(13)20(26)12-9-16-11(8-17(12)29-15)19(25)10-4-1-2-6-14(10)28-16/h1-9H. The lowest BCUT2D eigenvalue weighted by atomic mass is 10.1. The molecule has 0 radical (unpaired) electrons. The summed E-state index contributed by atoms with van der Waals surface area (Å²) in [5.74, 6) is -0.523. The molecule has 0 atom stereocenters. The Morgan fingerprint density at radius 2 is 1.31 bits per heavy atom. The van der Waals surface area contributed by atoms with Gasteiger partial charge in [-0.2, -0.15) is 0 Å². The van der Waals surface area contributed by atoms with Crippen LogP contribution in [0.4, 0.5) is 13.2 Å². The van der Waals surface area contributed by atoms with Crippen molar-refractivity contribution < 1.29 is 17.9 Å². The third-order valence-electron chi connectivity index (χ3n) is 4.58. The topological polar surface area (TPSA) is 43.4 Å². The molecule has 0 saturated heterocycles. The molecular weight excluding hydrogens is 421 g/mol. The van der Waals surface area contributed by atoms with Crippen molar-refractivity contribution in [3.8, 4) is 5.75 Å². The monoisotopic (exact) mass is 430 g/mol. The smallest absolute Gasteiger partial charge is 0.405 e. The van der Waals surface area contributed by atoms with Gasteiger partial charge in [0, 0.05) is 35.0 Å². The fourth-order valence-corrected chi connectivity index (χ4v) is 5.58. The maximum absolute atomic E-state index is 13.1. The van der Waals surface area contributed by atoms with E-state index in [-0.39, 0.29) is 16.2 Å². The molecule has 0 N–H and O–H groups in total. The molecular formula is C21H9F3O3S2. The summed E-state index contributed by atoms with van der Waals surface area (Å²) in [6, 6.07) is 14.5. The molecule has 3 aromatic carbocycles. The summed E-state index contributed by atoms with van der Waals surface area (Å²) >= 11 is 2.52. The number of alkyl halides is 3. The van der Waals surface area contributed by atoms with E-state index in [0.717, 1.165) is 22.1 Å². The highest BCUT2D eigenvalue weighted by Gasteiger charge is 2.32. The predicted octanol–water partition coefficient (Wildman–Crippen LogP) is 6.04. The Labute approximate surface area is 168 Å². The van der Waals surface area contributed by atoms with Crippen molar-refractivity contribution in [3.05, 3.63) is 75.0 Å². The van der Waals surface area contributed by atoms with Crippen LogP contribution < -0.4 is 15.6 Å². The van der Waals surface area contributed by atoms with Crippen LogP contribution in [-0.2, 0) is 0 Å². The van der Waals surface area contributed by atoms with Gasteiger partial charge in [-0.25, -0.2) is 0 Å². The number of hydrogen-bond acceptors (Lipinski definition) is 5. The van der Waals surface area contributed by atoms with Gasteiger partial charge in [0.05, 0.1) is 5.39 Å². The zero-order valence-electron chi connectivity index (χ0n) is 14.4. The highest BCUT2D eigenvalue weighted by molar-refractivity contribution is 7.26. The maximum Gasteiger partial charge on any atom is 0.573 e. The number of halogens is 3. The second-order valence-electron chi connectivity index (χ2n) is 6.38. The van der Waals surface area contributed by atoms with Crippen LogP contribution in [0.15, 0.2) is 64.2 Å². The van der Waals surface area contributed by atoms with Crippen molar-refractivity contribution in [2.24, 2.45) is 0 Å². The minimum atomic E-state index is -4.90. The summed E-state index contributed by atoms with van der Waals surface area (Å²) in [5.41, 5.74) is -0.687. The van der Waals surface area contributed by atoms with E-state index in [1.807, 2.05) is 12.1 Å². The SMILES string of the molecule is O=c1c2ccccc2sc2cc3c(=O)c4c(OC(F)(F)F)cccc4sc3cc12. The number of ether oxygens (including phenoxy) is 1. The summed E-state index contributed by atoms with van der Waals surface area (Å²) in [7, 11) is 0. The van der Waals surface area contributed by atoms with Gasteiger partial charge in [-0.15, -0.1) is 35.8 Å². The van der Waals surface area contributed by atoms with Crippen LogP contribution in [0.3, 0.4) is 0 Å². The Bertz CT molecular complexity index is 1570. The molecule has 5 rings (SSSR count). The highest BCUT2D eigenvalue weighted by Crippen LogP contribution is 2.35. The first-order valence-corrected chi connectivity index (χ1v) is 10.1. The molecule has 0 spiro atoms. The molecule has 0 fully saturated rings. The van der Waals surface area contributed by atoms with Crippen LogP contribution in [0.5, 0.6) is 5.75 Å². The lowest BCUT2D eigenvalue weighted by Gasteiger charge is -2.11. The molecule has 3 nitrogen and oxygen atoms in total. The molecule has 2 heterocycles. The lowest BCUT2D eigenvalue weighted by Crippen LogP contribution is -2.18. The normalized spacial score (nSPS) is 12.2. The van der Waals surface area contributed by atoms with Gasteiger partial charge in [-0.3, -0.25) is 9.59 Å². The van der Waals surface area contributed by atoms with E-state index >= 15 is 0 Å². The molecule has 0 aliphatic heterocycles. The van der Waals surface area contributed by atoms with Crippen molar-refractivity contribution in [3.63, 3.8) is 0 Å². The van der Waals surface area contributed by atoms with E-state index in [4.69, 9.17) is 0 Å². The first-order valence-electron chi connectivity index (χ1n) is 8.43. The summed E-state index contributed by atoms with van der Waals surface area (Å²) < 4.78 is 44.6. The van der Waals surface area contributed by atoms with Gasteiger partial charge in [0.25, 0.3) is 0 Å². The first-order chi connectivity index (χ1) is 13.8. The quantitative estimate of drug-likeness (QED) is 0.305. The number of rotatable bonds is 1. The second-order valence-corrected chi connectivity index (χ2v) is 8.55. The average Bonchev–Trinajstić information content (AvgIpc) is 2.66. The molecule has 0 saturated carbocycles. The van der Waals surface area contributed by atoms with Gasteiger partial charge in [0.1, 0.15) is 5.75 Å². The van der Waals surface area contributed by atoms with Crippen LogP contribution in [-0.4, -0.2) is 6.36 Å². The van der Waals surface area contributed by atoms with Gasteiger partial charge in [-0.05, 0) is 36.4 Å². The second kappa shape index (κ2) is 6.27. The summed E-state index contributed by atoms with van der Waals surface area (Å²) in [6.45, 7) is 0. The molecule has 144 valence electrons. The Morgan fingerprint density at radius 3 is 2.03 bits per heavy atom. The molecule has 0 aliphatic carbocycles. The van der Waals surface area contributed by atoms with E-state index in [1.54, 1.807) is 30.3 Å². The average molecular weight is 430 g/mol. The van der Waals surface area contributed by atoms with Crippen molar-refractivity contribution in [2.45, 2.75) is 6.36 Å². The van der Waals surface area contributed by atoms with Crippen LogP contribution in [0.1, 0.15) is 0 Å². The van der Waals surface area contributed by atoms with Crippen LogP contribution in [0.25, 0.3) is 40.3 Å². The number of fused-ring (bicyclic) bond motifs is 4. The lowest BCUT2D eigenvalue weighted by molar-refractivity contribution is -0.274.